The quantitative estimate of drug-likeness (QED) is 0.477. The number of halogens is 2. The predicted molar refractivity (Wildman–Crippen MR) is 73.5 cm³/mol. The van der Waals surface area contributed by atoms with E-state index in [2.05, 4.69) is 69.0 Å². The molecular formula is C17H18Cl2OTi. The minimum atomic E-state index is -0.750. The average Bonchev–Trinajstić information content (AvgIpc) is 2.63. The molecule has 0 heterocycles. The zero-order valence-corrected chi connectivity index (χ0v) is 15.4. The van der Waals surface area contributed by atoms with Gasteiger partial charge in [-0.1, -0.05) is 20.8 Å². The standard InChI is InChI=1S/C13H9.C4H9O.2ClH.Ti/c1-3-7-12-10(5-1)9-11-6-2-4-8-13(11)12;1-4(2,3)5;;;/h1-9H;1-3H3;2*1H;/q;-1;;;+3/p-2. The van der Waals surface area contributed by atoms with E-state index in [1.54, 1.807) is 20.8 Å². The maximum absolute atomic E-state index is 10.1. The van der Waals surface area contributed by atoms with Gasteiger partial charge in [-0.05, 0) is 0 Å². The van der Waals surface area contributed by atoms with Gasteiger partial charge in [0.25, 0.3) is 0 Å². The van der Waals surface area contributed by atoms with E-state index in [1.807, 2.05) is 0 Å². The first-order valence-electron chi connectivity index (χ1n) is 6.47. The van der Waals surface area contributed by atoms with E-state index in [4.69, 9.17) is 0 Å². The van der Waals surface area contributed by atoms with E-state index in [9.17, 15) is 5.11 Å². The van der Waals surface area contributed by atoms with E-state index in [0.29, 0.717) is 4.22 Å². The second-order valence-electron chi connectivity index (χ2n) is 5.72. The van der Waals surface area contributed by atoms with Crippen molar-refractivity contribution >= 4 is 0 Å². The molecule has 0 amide bonds. The maximum atomic E-state index is 10.1. The van der Waals surface area contributed by atoms with Crippen LogP contribution in [-0.4, -0.2) is 5.60 Å². The molecule has 2 aromatic rings. The van der Waals surface area contributed by atoms with Crippen LogP contribution in [0.15, 0.2) is 48.5 Å². The Morgan fingerprint density at radius 1 is 0.810 bits per heavy atom. The molecule has 1 aliphatic carbocycles. The normalized spacial score (nSPS) is 12.1. The number of fused-ring (bicyclic) bond motifs is 3. The number of benzene rings is 2. The van der Waals surface area contributed by atoms with Crippen molar-refractivity contribution in [2.45, 2.75) is 30.6 Å². The molecule has 0 saturated heterocycles. The first-order valence-corrected chi connectivity index (χ1v) is 7.38. The molecule has 0 saturated carbocycles. The molecule has 3 rings (SSSR count). The van der Waals surface area contributed by atoms with Gasteiger partial charge < -0.3 is 29.9 Å². The number of hydrogen-bond donors (Lipinski definition) is 0. The Kier molecular flexibility index (Phi) is 8.24. The van der Waals surface area contributed by atoms with Gasteiger partial charge in [-0.15, -0.1) is 5.60 Å². The van der Waals surface area contributed by atoms with E-state index >= 15 is 0 Å². The van der Waals surface area contributed by atoms with E-state index in [0.717, 1.165) is 0 Å². The zero-order valence-electron chi connectivity index (χ0n) is 12.4. The molecule has 0 aliphatic heterocycles. The van der Waals surface area contributed by atoms with Crippen LogP contribution in [0.5, 0.6) is 0 Å². The molecule has 1 aliphatic rings. The Bertz CT molecular complexity index is 527. The fraction of sp³-hybridized carbons (Fsp3) is 0.294. The second-order valence-corrected chi connectivity index (χ2v) is 6.62. The third-order valence-electron chi connectivity index (χ3n) is 2.83. The van der Waals surface area contributed by atoms with Crippen molar-refractivity contribution in [1.29, 1.82) is 0 Å². The Morgan fingerprint density at radius 3 is 1.43 bits per heavy atom. The summed E-state index contributed by atoms with van der Waals surface area (Å²) in [6.45, 7) is 4.90. The summed E-state index contributed by atoms with van der Waals surface area (Å²) in [5.41, 5.74) is 5.01. The fourth-order valence-electron chi connectivity index (χ4n) is 2.16. The van der Waals surface area contributed by atoms with Crippen LogP contribution in [0.25, 0.3) is 11.1 Å². The van der Waals surface area contributed by atoms with Crippen LogP contribution in [0.3, 0.4) is 0 Å². The zero-order chi connectivity index (χ0) is 14.0. The molecule has 21 heavy (non-hydrogen) atoms. The summed E-state index contributed by atoms with van der Waals surface area (Å²) >= 11 is 2.28. The van der Waals surface area contributed by atoms with E-state index in [1.165, 1.54) is 22.3 Å². The van der Waals surface area contributed by atoms with Crippen molar-refractivity contribution < 1.29 is 50.4 Å². The number of hydrogen-bond acceptors (Lipinski definition) is 1. The van der Waals surface area contributed by atoms with Crippen LogP contribution in [0, 0.1) is 0 Å². The van der Waals surface area contributed by atoms with Crippen molar-refractivity contribution in [3.8, 4) is 11.1 Å². The topological polar surface area (TPSA) is 23.1 Å². The van der Waals surface area contributed by atoms with Crippen LogP contribution in [0.1, 0.15) is 36.1 Å². The van der Waals surface area contributed by atoms with Crippen molar-refractivity contribution in [2.24, 2.45) is 0 Å². The van der Waals surface area contributed by atoms with Gasteiger partial charge in [-0.2, -0.15) is 0 Å². The van der Waals surface area contributed by atoms with Crippen molar-refractivity contribution in [3.05, 3.63) is 59.7 Å². The monoisotopic (exact) mass is 356 g/mol. The fourth-order valence-corrected chi connectivity index (χ4v) is 2.94. The van der Waals surface area contributed by atoms with Crippen molar-refractivity contribution in [3.63, 3.8) is 0 Å². The molecule has 0 radical (unpaired) electrons. The third kappa shape index (κ3) is 5.43. The van der Waals surface area contributed by atoms with Gasteiger partial charge in [0.15, 0.2) is 0 Å². The van der Waals surface area contributed by atoms with Gasteiger partial charge in [-0.25, -0.2) is 0 Å². The summed E-state index contributed by atoms with van der Waals surface area (Å²) < 4.78 is 0.558. The van der Waals surface area contributed by atoms with Gasteiger partial charge >= 0.3 is 95.4 Å². The van der Waals surface area contributed by atoms with Gasteiger partial charge in [0.1, 0.15) is 0 Å². The summed E-state index contributed by atoms with van der Waals surface area (Å²) in [6.07, 6.45) is 0. The summed E-state index contributed by atoms with van der Waals surface area (Å²) in [4.78, 5) is 0. The Labute approximate surface area is 151 Å². The van der Waals surface area contributed by atoms with Gasteiger partial charge in [0.05, 0.1) is 0 Å². The van der Waals surface area contributed by atoms with Gasteiger partial charge in [0, 0.05) is 0 Å². The van der Waals surface area contributed by atoms with Crippen LogP contribution in [0.2, 0.25) is 0 Å². The van der Waals surface area contributed by atoms with Crippen molar-refractivity contribution in [1.82, 2.24) is 0 Å². The van der Waals surface area contributed by atoms with Crippen molar-refractivity contribution in [2.75, 3.05) is 0 Å². The molecular weight excluding hydrogens is 339 g/mol. The average molecular weight is 357 g/mol. The van der Waals surface area contributed by atoms with Crippen LogP contribution < -0.4 is 29.9 Å². The molecule has 0 aromatic heterocycles. The molecule has 0 fully saturated rings. The summed E-state index contributed by atoms with van der Waals surface area (Å²) in [5.74, 6) is 0. The van der Waals surface area contributed by atoms with Gasteiger partial charge in [0.2, 0.25) is 0 Å². The molecule has 4 heteroatoms. The van der Waals surface area contributed by atoms with E-state index < -0.39 is 5.60 Å². The Morgan fingerprint density at radius 2 is 1.10 bits per heavy atom. The SMILES string of the molecule is CC(C)(C)[O-].[Cl-].[Cl-].[Ti+3][CH]1c2ccccc2-c2ccccc21. The Balaban J connectivity index is 0.000000507. The summed E-state index contributed by atoms with van der Waals surface area (Å²) in [5, 5.41) is 10.1. The molecule has 0 atom stereocenters. The molecule has 0 spiro atoms. The molecule has 0 N–H and O–H groups in total. The summed E-state index contributed by atoms with van der Waals surface area (Å²) in [7, 11) is 0. The second kappa shape index (κ2) is 8.36. The van der Waals surface area contributed by atoms with Crippen LogP contribution in [-0.2, 0) is 20.4 Å². The van der Waals surface area contributed by atoms with Crippen LogP contribution in [0.4, 0.5) is 0 Å². The van der Waals surface area contributed by atoms with Crippen LogP contribution >= 0.6 is 0 Å². The molecule has 1 nitrogen and oxygen atoms in total. The minimum absolute atomic E-state index is 0. The molecule has 110 valence electrons. The first kappa shape index (κ1) is 20.7. The molecule has 0 unspecified atom stereocenters. The predicted octanol–water partition coefficient (Wildman–Crippen LogP) is -2.54. The molecule has 0 bridgehead atoms. The Hall–Kier alpha value is -0.306. The molecule has 2 aromatic carbocycles. The first-order chi connectivity index (χ1) is 8.88. The van der Waals surface area contributed by atoms with E-state index in [-0.39, 0.29) is 24.8 Å². The third-order valence-corrected chi connectivity index (χ3v) is 3.81. The number of rotatable bonds is 0. The summed E-state index contributed by atoms with van der Waals surface area (Å²) in [6, 6.07) is 17.4. The van der Waals surface area contributed by atoms with Gasteiger partial charge in [-0.3, -0.25) is 0 Å².